The topological polar surface area (TPSA) is 0 Å². The molecule has 9 heavy (non-hydrogen) atoms. The molecule has 0 saturated carbocycles. The molecule has 0 aliphatic heterocycles. The molecule has 0 aromatic rings. The number of hydrogen-bond acceptors (Lipinski definition) is 0. The van der Waals surface area contributed by atoms with Gasteiger partial charge in [-0.25, -0.2) is 0 Å². The molecule has 0 aromatic heterocycles. The summed E-state index contributed by atoms with van der Waals surface area (Å²) in [6.07, 6.45) is 7.76. The standard InChI is InChI=1S/C8H13Si/c1-7(9)8-5-3-2-4-6-8/h5,7H,2-4,6H2,1H3. The maximum absolute atomic E-state index is 3.61. The minimum atomic E-state index is 0.602. The zero-order valence-electron chi connectivity index (χ0n) is 5.98. The number of allylic oxidation sites excluding steroid dienone is 2. The molecule has 0 aromatic carbocycles. The fraction of sp³-hybridized carbons (Fsp3) is 0.750. The Labute approximate surface area is 60.8 Å². The summed E-state index contributed by atoms with van der Waals surface area (Å²) in [5, 5.41) is 0. The van der Waals surface area contributed by atoms with Gasteiger partial charge in [-0.15, -0.1) is 0 Å². The van der Waals surface area contributed by atoms with E-state index in [1.165, 1.54) is 25.7 Å². The molecule has 3 radical (unpaired) electrons. The molecule has 49 valence electrons. The van der Waals surface area contributed by atoms with Gasteiger partial charge in [-0.2, -0.15) is 0 Å². The Morgan fingerprint density at radius 2 is 2.33 bits per heavy atom. The first-order chi connectivity index (χ1) is 4.30. The van der Waals surface area contributed by atoms with Gasteiger partial charge >= 0.3 is 0 Å². The first kappa shape index (κ1) is 7.07. The Balaban J connectivity index is 2.46. The Hall–Kier alpha value is -0.0431. The highest BCUT2D eigenvalue weighted by Crippen LogP contribution is 2.24. The third-order valence-electron chi connectivity index (χ3n) is 1.88. The van der Waals surface area contributed by atoms with E-state index in [9.17, 15) is 0 Å². The van der Waals surface area contributed by atoms with Crippen LogP contribution in [0.4, 0.5) is 0 Å². The average Bonchev–Trinajstić information content (AvgIpc) is 1.90. The maximum atomic E-state index is 3.61. The van der Waals surface area contributed by atoms with Crippen LogP contribution in [0.5, 0.6) is 0 Å². The van der Waals surface area contributed by atoms with E-state index in [-0.39, 0.29) is 0 Å². The lowest BCUT2D eigenvalue weighted by molar-refractivity contribution is 0.684. The summed E-state index contributed by atoms with van der Waals surface area (Å²) in [7, 11) is 3.61. The molecular formula is C8H13Si. The predicted octanol–water partition coefficient (Wildman–Crippen LogP) is 2.46. The maximum Gasteiger partial charge on any atom is 0.0322 e. The molecule has 0 nitrogen and oxygen atoms in total. The number of rotatable bonds is 1. The zero-order valence-corrected chi connectivity index (χ0v) is 6.98. The Morgan fingerprint density at radius 1 is 1.56 bits per heavy atom. The van der Waals surface area contributed by atoms with E-state index in [0.717, 1.165) is 0 Å². The fourth-order valence-electron chi connectivity index (χ4n) is 1.26. The lowest BCUT2D eigenvalue weighted by Crippen LogP contribution is -1.96. The minimum Gasteiger partial charge on any atom is -0.0854 e. The quantitative estimate of drug-likeness (QED) is 0.385. The van der Waals surface area contributed by atoms with Gasteiger partial charge < -0.3 is 0 Å². The van der Waals surface area contributed by atoms with Crippen LogP contribution >= 0.6 is 0 Å². The van der Waals surface area contributed by atoms with Crippen molar-refractivity contribution in [3.05, 3.63) is 11.6 Å². The molecule has 0 bridgehead atoms. The van der Waals surface area contributed by atoms with Gasteiger partial charge in [-0.05, 0) is 31.2 Å². The molecule has 1 atom stereocenters. The van der Waals surface area contributed by atoms with Gasteiger partial charge in [0.1, 0.15) is 0 Å². The van der Waals surface area contributed by atoms with Crippen LogP contribution < -0.4 is 0 Å². The molecule has 0 heterocycles. The highest BCUT2D eigenvalue weighted by Gasteiger charge is 2.05. The summed E-state index contributed by atoms with van der Waals surface area (Å²) in [6, 6.07) is 0. The molecule has 1 heteroatoms. The zero-order chi connectivity index (χ0) is 6.69. The van der Waals surface area contributed by atoms with Crippen molar-refractivity contribution < 1.29 is 0 Å². The minimum absolute atomic E-state index is 0.602. The van der Waals surface area contributed by atoms with Crippen molar-refractivity contribution in [1.82, 2.24) is 0 Å². The van der Waals surface area contributed by atoms with Crippen molar-refractivity contribution >= 4 is 10.2 Å². The van der Waals surface area contributed by atoms with Crippen LogP contribution in [-0.4, -0.2) is 10.2 Å². The normalized spacial score (nSPS) is 23.1. The first-order valence-corrected chi connectivity index (χ1v) is 4.28. The highest BCUT2D eigenvalue weighted by molar-refractivity contribution is 6.13. The van der Waals surface area contributed by atoms with Crippen molar-refractivity contribution in [1.29, 1.82) is 0 Å². The monoisotopic (exact) mass is 137 g/mol. The second kappa shape index (κ2) is 3.21. The van der Waals surface area contributed by atoms with E-state index in [4.69, 9.17) is 0 Å². The summed E-state index contributed by atoms with van der Waals surface area (Å²) in [5.74, 6) is 0. The van der Waals surface area contributed by atoms with Gasteiger partial charge in [-0.1, -0.05) is 18.6 Å². The van der Waals surface area contributed by atoms with Gasteiger partial charge in [0.15, 0.2) is 0 Å². The SMILES string of the molecule is CC([Si])C1=CCCCC1. The largest absolute Gasteiger partial charge is 0.0854 e. The molecule has 1 rings (SSSR count). The van der Waals surface area contributed by atoms with E-state index < -0.39 is 0 Å². The Morgan fingerprint density at radius 3 is 2.67 bits per heavy atom. The van der Waals surface area contributed by atoms with Crippen LogP contribution in [-0.2, 0) is 0 Å². The summed E-state index contributed by atoms with van der Waals surface area (Å²) in [6.45, 7) is 2.20. The van der Waals surface area contributed by atoms with Gasteiger partial charge in [0.25, 0.3) is 0 Å². The van der Waals surface area contributed by atoms with Crippen LogP contribution in [0.15, 0.2) is 11.6 Å². The molecular weight excluding hydrogens is 124 g/mol. The lowest BCUT2D eigenvalue weighted by atomic mass is 9.98. The first-order valence-electron chi connectivity index (χ1n) is 3.71. The summed E-state index contributed by atoms with van der Waals surface area (Å²) in [5.41, 5.74) is 2.20. The molecule has 0 fully saturated rings. The molecule has 1 aliphatic carbocycles. The molecule has 0 spiro atoms. The van der Waals surface area contributed by atoms with Crippen molar-refractivity contribution in [3.63, 3.8) is 0 Å². The van der Waals surface area contributed by atoms with Gasteiger partial charge in [0, 0.05) is 10.2 Å². The molecule has 1 unspecified atom stereocenters. The Kier molecular flexibility index (Phi) is 2.52. The van der Waals surface area contributed by atoms with Gasteiger partial charge in [-0.3, -0.25) is 0 Å². The van der Waals surface area contributed by atoms with E-state index in [0.29, 0.717) is 5.54 Å². The highest BCUT2D eigenvalue weighted by atomic mass is 28.1. The average molecular weight is 137 g/mol. The second-order valence-electron chi connectivity index (χ2n) is 2.75. The third kappa shape index (κ3) is 1.97. The van der Waals surface area contributed by atoms with Gasteiger partial charge in [0.2, 0.25) is 0 Å². The molecule has 1 aliphatic rings. The van der Waals surface area contributed by atoms with Crippen LogP contribution in [0.1, 0.15) is 32.6 Å². The van der Waals surface area contributed by atoms with Crippen molar-refractivity contribution in [3.8, 4) is 0 Å². The predicted molar refractivity (Wildman–Crippen MR) is 41.7 cm³/mol. The fourth-order valence-corrected chi connectivity index (χ4v) is 1.52. The molecule has 0 amide bonds. The smallest absolute Gasteiger partial charge is 0.0322 e. The van der Waals surface area contributed by atoms with Crippen LogP contribution in [0, 0.1) is 0 Å². The molecule has 0 saturated heterocycles. The Bertz CT molecular complexity index is 114. The van der Waals surface area contributed by atoms with Crippen LogP contribution in [0.3, 0.4) is 0 Å². The second-order valence-corrected chi connectivity index (χ2v) is 3.61. The third-order valence-corrected chi connectivity index (χ3v) is 2.25. The lowest BCUT2D eigenvalue weighted by Gasteiger charge is -2.14. The van der Waals surface area contributed by atoms with E-state index >= 15 is 0 Å². The van der Waals surface area contributed by atoms with Gasteiger partial charge in [0.05, 0.1) is 0 Å². The number of hydrogen-bond donors (Lipinski definition) is 0. The molecule has 0 N–H and O–H groups in total. The van der Waals surface area contributed by atoms with Crippen LogP contribution in [0.25, 0.3) is 0 Å². The van der Waals surface area contributed by atoms with E-state index in [1.54, 1.807) is 5.57 Å². The van der Waals surface area contributed by atoms with Crippen LogP contribution in [0.2, 0.25) is 5.54 Å². The van der Waals surface area contributed by atoms with Crippen molar-refractivity contribution in [2.75, 3.05) is 0 Å². The summed E-state index contributed by atoms with van der Waals surface area (Å²) >= 11 is 0. The van der Waals surface area contributed by atoms with E-state index in [1.807, 2.05) is 0 Å². The van der Waals surface area contributed by atoms with Crippen molar-refractivity contribution in [2.45, 2.75) is 38.1 Å². The summed E-state index contributed by atoms with van der Waals surface area (Å²) in [4.78, 5) is 0. The summed E-state index contributed by atoms with van der Waals surface area (Å²) < 4.78 is 0. The van der Waals surface area contributed by atoms with Crippen molar-refractivity contribution in [2.24, 2.45) is 0 Å². The van der Waals surface area contributed by atoms with E-state index in [2.05, 4.69) is 23.2 Å².